The van der Waals surface area contributed by atoms with Crippen LogP contribution in [0.15, 0.2) is 54.6 Å². The monoisotopic (exact) mass is 346 g/mol. The first-order chi connectivity index (χ1) is 11.6. The zero-order valence-electron chi connectivity index (χ0n) is 14.0. The summed E-state index contributed by atoms with van der Waals surface area (Å²) >= 11 is 5.89. The fourth-order valence-corrected chi connectivity index (χ4v) is 2.50. The van der Waals surface area contributed by atoms with Crippen molar-refractivity contribution in [3.63, 3.8) is 0 Å². The second-order valence-corrected chi connectivity index (χ2v) is 6.09. The molecular formula is C19H23ClN2O2. The number of carbonyl (C=O) groups is 1. The number of halogens is 1. The highest BCUT2D eigenvalue weighted by atomic mass is 35.5. The highest BCUT2D eigenvalue weighted by Crippen LogP contribution is 2.18. The van der Waals surface area contributed by atoms with E-state index in [9.17, 15) is 4.79 Å². The van der Waals surface area contributed by atoms with Crippen molar-refractivity contribution in [2.45, 2.75) is 13.0 Å². The minimum Gasteiger partial charge on any atom is -0.492 e. The Morgan fingerprint density at radius 2 is 1.96 bits per heavy atom. The third kappa shape index (κ3) is 5.87. The summed E-state index contributed by atoms with van der Waals surface area (Å²) in [7, 11) is 1.94. The smallest absolute Gasteiger partial charge is 0.234 e. The van der Waals surface area contributed by atoms with Gasteiger partial charge in [0.15, 0.2) is 0 Å². The van der Waals surface area contributed by atoms with Crippen molar-refractivity contribution >= 4 is 17.5 Å². The molecule has 0 aromatic heterocycles. The van der Waals surface area contributed by atoms with E-state index in [1.807, 2.05) is 42.3 Å². The Kier molecular flexibility index (Phi) is 7.09. The standard InChI is InChI=1S/C19H23ClN2O2/c1-15(16-7-4-3-5-8-16)22(2)14-19(23)21-11-12-24-18-10-6-9-17(20)13-18/h3-10,13,15H,11-12,14H2,1-2H3,(H,21,23). The Balaban J connectivity index is 1.69. The molecule has 1 unspecified atom stereocenters. The number of hydrogen-bond acceptors (Lipinski definition) is 3. The van der Waals surface area contributed by atoms with Gasteiger partial charge in [-0.05, 0) is 37.7 Å². The predicted molar refractivity (Wildman–Crippen MR) is 97.4 cm³/mol. The summed E-state index contributed by atoms with van der Waals surface area (Å²) in [5, 5.41) is 3.50. The van der Waals surface area contributed by atoms with Gasteiger partial charge in [0.25, 0.3) is 0 Å². The summed E-state index contributed by atoms with van der Waals surface area (Å²) in [6, 6.07) is 17.5. The Morgan fingerprint density at radius 3 is 2.67 bits per heavy atom. The molecule has 0 aliphatic rings. The van der Waals surface area contributed by atoms with Crippen LogP contribution in [-0.4, -0.2) is 37.6 Å². The van der Waals surface area contributed by atoms with Crippen LogP contribution in [0.4, 0.5) is 0 Å². The van der Waals surface area contributed by atoms with Gasteiger partial charge in [0.2, 0.25) is 5.91 Å². The second kappa shape index (κ2) is 9.30. The van der Waals surface area contributed by atoms with Crippen LogP contribution in [0, 0.1) is 0 Å². The maximum Gasteiger partial charge on any atom is 0.234 e. The van der Waals surface area contributed by atoms with Crippen LogP contribution in [0.3, 0.4) is 0 Å². The van der Waals surface area contributed by atoms with Crippen LogP contribution >= 0.6 is 11.6 Å². The van der Waals surface area contributed by atoms with E-state index in [1.54, 1.807) is 12.1 Å². The van der Waals surface area contributed by atoms with Gasteiger partial charge in [0.1, 0.15) is 12.4 Å². The van der Waals surface area contributed by atoms with Gasteiger partial charge in [-0.15, -0.1) is 0 Å². The molecule has 0 aliphatic carbocycles. The Hall–Kier alpha value is -2.04. The second-order valence-electron chi connectivity index (χ2n) is 5.66. The van der Waals surface area contributed by atoms with Crippen LogP contribution in [-0.2, 0) is 4.79 Å². The minimum atomic E-state index is -0.0185. The largest absolute Gasteiger partial charge is 0.492 e. The SMILES string of the molecule is CC(c1ccccc1)N(C)CC(=O)NCCOc1cccc(Cl)c1. The molecule has 4 nitrogen and oxygen atoms in total. The minimum absolute atomic E-state index is 0.0185. The molecule has 24 heavy (non-hydrogen) atoms. The molecule has 0 saturated carbocycles. The molecule has 0 radical (unpaired) electrons. The summed E-state index contributed by atoms with van der Waals surface area (Å²) in [5.41, 5.74) is 1.19. The van der Waals surface area contributed by atoms with Crippen LogP contribution in [0.5, 0.6) is 5.75 Å². The van der Waals surface area contributed by atoms with E-state index in [-0.39, 0.29) is 11.9 Å². The Bertz CT molecular complexity index is 649. The average molecular weight is 347 g/mol. The first-order valence-corrected chi connectivity index (χ1v) is 8.34. The molecule has 2 aromatic rings. The summed E-state index contributed by atoms with van der Waals surface area (Å²) in [6.45, 7) is 3.29. The number of nitrogens with zero attached hydrogens (tertiary/aromatic N) is 1. The van der Waals surface area contributed by atoms with E-state index in [0.717, 1.165) is 0 Å². The number of benzene rings is 2. The lowest BCUT2D eigenvalue weighted by molar-refractivity contribution is -0.122. The predicted octanol–water partition coefficient (Wildman–Crippen LogP) is 3.53. The molecule has 1 atom stereocenters. The number of hydrogen-bond donors (Lipinski definition) is 1. The van der Waals surface area contributed by atoms with Crippen LogP contribution in [0.1, 0.15) is 18.5 Å². The molecule has 2 rings (SSSR count). The lowest BCUT2D eigenvalue weighted by atomic mass is 10.1. The number of rotatable bonds is 8. The number of nitrogens with one attached hydrogen (secondary N) is 1. The zero-order valence-corrected chi connectivity index (χ0v) is 14.8. The summed E-state index contributed by atoms with van der Waals surface area (Å²) in [5.74, 6) is 0.682. The highest BCUT2D eigenvalue weighted by Gasteiger charge is 2.14. The first-order valence-electron chi connectivity index (χ1n) is 7.96. The number of likely N-dealkylation sites (N-methyl/N-ethyl adjacent to an activating group) is 1. The quantitative estimate of drug-likeness (QED) is 0.743. The van der Waals surface area contributed by atoms with Crippen molar-refractivity contribution in [2.75, 3.05) is 26.7 Å². The summed E-state index contributed by atoms with van der Waals surface area (Å²) < 4.78 is 5.55. The maximum atomic E-state index is 12.0. The number of carbonyl (C=O) groups excluding carboxylic acids is 1. The van der Waals surface area contributed by atoms with Gasteiger partial charge in [-0.1, -0.05) is 48.0 Å². The molecular weight excluding hydrogens is 324 g/mol. The molecule has 0 saturated heterocycles. The van der Waals surface area contributed by atoms with Crippen molar-refractivity contribution < 1.29 is 9.53 Å². The maximum absolute atomic E-state index is 12.0. The van der Waals surface area contributed by atoms with Crippen molar-refractivity contribution in [1.29, 1.82) is 0 Å². The average Bonchev–Trinajstić information content (AvgIpc) is 2.59. The molecule has 1 N–H and O–H groups in total. The molecule has 0 bridgehead atoms. The van der Waals surface area contributed by atoms with E-state index in [1.165, 1.54) is 5.56 Å². The molecule has 0 aliphatic heterocycles. The summed E-state index contributed by atoms with van der Waals surface area (Å²) in [4.78, 5) is 14.0. The van der Waals surface area contributed by atoms with Gasteiger partial charge in [-0.2, -0.15) is 0 Å². The molecule has 0 heterocycles. The first kappa shape index (κ1) is 18.3. The Labute approximate surface area is 148 Å². The molecule has 128 valence electrons. The van der Waals surface area contributed by atoms with Gasteiger partial charge < -0.3 is 10.1 Å². The molecule has 5 heteroatoms. The van der Waals surface area contributed by atoms with Gasteiger partial charge in [-0.25, -0.2) is 0 Å². The number of amides is 1. The van der Waals surface area contributed by atoms with E-state index >= 15 is 0 Å². The number of ether oxygens (including phenoxy) is 1. The van der Waals surface area contributed by atoms with Crippen LogP contribution < -0.4 is 10.1 Å². The highest BCUT2D eigenvalue weighted by molar-refractivity contribution is 6.30. The van der Waals surface area contributed by atoms with E-state index < -0.39 is 0 Å². The van der Waals surface area contributed by atoms with E-state index in [2.05, 4.69) is 24.4 Å². The van der Waals surface area contributed by atoms with Crippen molar-refractivity contribution in [3.8, 4) is 5.75 Å². The lowest BCUT2D eigenvalue weighted by Gasteiger charge is -2.24. The zero-order chi connectivity index (χ0) is 17.4. The van der Waals surface area contributed by atoms with Gasteiger partial charge >= 0.3 is 0 Å². The van der Waals surface area contributed by atoms with Gasteiger partial charge in [0, 0.05) is 11.1 Å². The van der Waals surface area contributed by atoms with Gasteiger partial charge in [-0.3, -0.25) is 9.69 Å². The van der Waals surface area contributed by atoms with Crippen LogP contribution in [0.25, 0.3) is 0 Å². The van der Waals surface area contributed by atoms with Gasteiger partial charge in [0.05, 0.1) is 13.1 Å². The fourth-order valence-electron chi connectivity index (χ4n) is 2.32. The molecule has 2 aromatic carbocycles. The summed E-state index contributed by atoms with van der Waals surface area (Å²) in [6.07, 6.45) is 0. The van der Waals surface area contributed by atoms with Crippen LogP contribution in [0.2, 0.25) is 5.02 Å². The van der Waals surface area contributed by atoms with Crippen molar-refractivity contribution in [2.24, 2.45) is 0 Å². The van der Waals surface area contributed by atoms with Crippen molar-refractivity contribution in [1.82, 2.24) is 10.2 Å². The van der Waals surface area contributed by atoms with E-state index in [0.29, 0.717) is 30.5 Å². The third-order valence-corrected chi connectivity index (χ3v) is 4.06. The van der Waals surface area contributed by atoms with E-state index in [4.69, 9.17) is 16.3 Å². The lowest BCUT2D eigenvalue weighted by Crippen LogP contribution is -2.38. The topological polar surface area (TPSA) is 41.6 Å². The third-order valence-electron chi connectivity index (χ3n) is 3.83. The van der Waals surface area contributed by atoms with Crippen molar-refractivity contribution in [3.05, 3.63) is 65.2 Å². The molecule has 0 fully saturated rings. The normalized spacial score (nSPS) is 12.0. The fraction of sp³-hybridized carbons (Fsp3) is 0.316. The molecule has 1 amide bonds. The molecule has 0 spiro atoms. The Morgan fingerprint density at radius 1 is 1.21 bits per heavy atom.